The largest absolute Gasteiger partial charge is 0.465 e. The highest BCUT2D eigenvalue weighted by molar-refractivity contribution is 7.99. The molecule has 0 atom stereocenters. The average molecular weight is 368 g/mol. The third-order valence-corrected chi connectivity index (χ3v) is 4.89. The Bertz CT molecular complexity index is 906. The van der Waals surface area contributed by atoms with Crippen LogP contribution < -0.4 is 0 Å². The van der Waals surface area contributed by atoms with Crippen LogP contribution in [0.1, 0.15) is 12.6 Å². The first kappa shape index (κ1) is 16.9. The molecule has 2 heterocycles. The van der Waals surface area contributed by atoms with E-state index in [1.807, 2.05) is 6.92 Å². The summed E-state index contributed by atoms with van der Waals surface area (Å²) in [5.41, 5.74) is 1.23. The van der Waals surface area contributed by atoms with Gasteiger partial charge in [-0.3, -0.25) is 9.48 Å². The first-order valence-corrected chi connectivity index (χ1v) is 8.51. The van der Waals surface area contributed by atoms with E-state index in [9.17, 15) is 9.18 Å². The fourth-order valence-electron chi connectivity index (χ4n) is 2.38. The number of hydrogen-bond acceptors (Lipinski definition) is 4. The van der Waals surface area contributed by atoms with Gasteiger partial charge in [0.05, 0.1) is 28.2 Å². The lowest BCUT2D eigenvalue weighted by atomic mass is 10.2. The van der Waals surface area contributed by atoms with Gasteiger partial charge in [0.15, 0.2) is 5.82 Å². The molecule has 1 N–H and O–H groups in total. The van der Waals surface area contributed by atoms with Gasteiger partial charge >= 0.3 is 5.97 Å². The lowest BCUT2D eigenvalue weighted by molar-refractivity contribution is -0.144. The molecular weight excluding hydrogens is 353 g/mol. The quantitative estimate of drug-likeness (QED) is 0.687. The number of nitrogens with zero attached hydrogens (tertiary/aromatic N) is 2. The lowest BCUT2D eigenvalue weighted by Gasteiger charge is -2.01. The second-order valence-corrected chi connectivity index (χ2v) is 6.63. The SMILES string of the molecule is CCOC(=O)Cn1cc(Sc2c(C)[nH]c3c(F)c(Cl)ccc23)cn1. The van der Waals surface area contributed by atoms with Gasteiger partial charge in [-0.15, -0.1) is 0 Å². The van der Waals surface area contributed by atoms with E-state index in [1.54, 1.807) is 31.5 Å². The second kappa shape index (κ2) is 6.86. The Morgan fingerprint density at radius 2 is 2.29 bits per heavy atom. The first-order valence-electron chi connectivity index (χ1n) is 7.31. The monoisotopic (exact) mass is 367 g/mol. The summed E-state index contributed by atoms with van der Waals surface area (Å²) >= 11 is 7.28. The minimum absolute atomic E-state index is 0.0610. The standard InChI is InChI=1S/C16H15ClFN3O2S/c1-3-23-13(22)8-21-7-10(6-19-21)24-16-9(2)20-15-11(16)4-5-12(17)14(15)18/h4-7,20H,3,8H2,1-2H3. The minimum Gasteiger partial charge on any atom is -0.465 e. The number of halogens is 2. The number of hydrogen-bond donors (Lipinski definition) is 1. The molecule has 1 aromatic carbocycles. The summed E-state index contributed by atoms with van der Waals surface area (Å²) in [4.78, 5) is 16.3. The predicted octanol–water partition coefficient (Wildman–Crippen LogP) is 4.18. The van der Waals surface area contributed by atoms with Crippen LogP contribution in [0.25, 0.3) is 10.9 Å². The molecule has 5 nitrogen and oxygen atoms in total. The van der Waals surface area contributed by atoms with Gasteiger partial charge in [-0.25, -0.2) is 4.39 Å². The lowest BCUT2D eigenvalue weighted by Crippen LogP contribution is -2.13. The number of ether oxygens (including phenoxy) is 1. The number of aryl methyl sites for hydroxylation is 1. The van der Waals surface area contributed by atoms with Crippen molar-refractivity contribution in [2.24, 2.45) is 0 Å². The van der Waals surface area contributed by atoms with Crippen molar-refractivity contribution in [3.05, 3.63) is 41.1 Å². The summed E-state index contributed by atoms with van der Waals surface area (Å²) < 4.78 is 20.5. The summed E-state index contributed by atoms with van der Waals surface area (Å²) in [5.74, 6) is -0.792. The average Bonchev–Trinajstić information content (AvgIpc) is 3.10. The first-order chi connectivity index (χ1) is 11.5. The number of fused-ring (bicyclic) bond motifs is 1. The van der Waals surface area contributed by atoms with E-state index in [1.165, 1.54) is 16.4 Å². The van der Waals surface area contributed by atoms with Crippen molar-refractivity contribution in [3.63, 3.8) is 0 Å². The molecule has 8 heteroatoms. The van der Waals surface area contributed by atoms with Crippen LogP contribution in [0.5, 0.6) is 0 Å². The molecule has 0 spiro atoms. The summed E-state index contributed by atoms with van der Waals surface area (Å²) in [5, 5.41) is 5.00. The summed E-state index contributed by atoms with van der Waals surface area (Å²) in [6.45, 7) is 4.03. The number of carbonyl (C=O) groups excluding carboxylic acids is 1. The molecule has 0 saturated carbocycles. The molecule has 0 radical (unpaired) electrons. The number of H-pyrrole nitrogens is 1. The smallest absolute Gasteiger partial charge is 0.327 e. The Morgan fingerprint density at radius 3 is 3.04 bits per heavy atom. The molecule has 3 rings (SSSR count). The van der Waals surface area contributed by atoms with E-state index in [0.717, 1.165) is 20.9 Å². The van der Waals surface area contributed by atoms with Gasteiger partial charge in [0.1, 0.15) is 6.54 Å². The van der Waals surface area contributed by atoms with Crippen molar-refractivity contribution < 1.29 is 13.9 Å². The van der Waals surface area contributed by atoms with Crippen molar-refractivity contribution >= 4 is 40.2 Å². The van der Waals surface area contributed by atoms with Gasteiger partial charge in [0.25, 0.3) is 0 Å². The third-order valence-electron chi connectivity index (χ3n) is 3.42. The van der Waals surface area contributed by atoms with Gasteiger partial charge in [0.2, 0.25) is 0 Å². The highest BCUT2D eigenvalue weighted by Crippen LogP contribution is 2.38. The van der Waals surface area contributed by atoms with Crippen molar-refractivity contribution in [2.75, 3.05) is 6.61 Å². The van der Waals surface area contributed by atoms with Crippen molar-refractivity contribution in [2.45, 2.75) is 30.2 Å². The highest BCUT2D eigenvalue weighted by Gasteiger charge is 2.16. The molecule has 0 unspecified atom stereocenters. The Balaban J connectivity index is 1.86. The number of nitrogens with one attached hydrogen (secondary N) is 1. The summed E-state index contributed by atoms with van der Waals surface area (Å²) in [7, 11) is 0. The van der Waals surface area contributed by atoms with E-state index in [4.69, 9.17) is 16.3 Å². The van der Waals surface area contributed by atoms with Gasteiger partial charge in [-0.2, -0.15) is 5.10 Å². The van der Waals surface area contributed by atoms with Gasteiger partial charge in [-0.1, -0.05) is 23.4 Å². The molecule has 0 amide bonds. The molecule has 0 aliphatic rings. The number of aromatic amines is 1. The molecule has 3 aromatic rings. The van der Waals surface area contributed by atoms with Gasteiger partial charge in [0, 0.05) is 22.2 Å². The molecule has 0 saturated heterocycles. The van der Waals surface area contributed by atoms with E-state index in [2.05, 4.69) is 10.1 Å². The van der Waals surface area contributed by atoms with Crippen LogP contribution in [0.15, 0.2) is 34.3 Å². The minimum atomic E-state index is -0.456. The Kier molecular flexibility index (Phi) is 4.82. The normalized spacial score (nSPS) is 11.2. The van der Waals surface area contributed by atoms with Crippen LogP contribution in [-0.4, -0.2) is 27.3 Å². The number of aromatic nitrogens is 3. The van der Waals surface area contributed by atoms with Crippen LogP contribution in [0.3, 0.4) is 0 Å². The Morgan fingerprint density at radius 1 is 1.50 bits per heavy atom. The van der Waals surface area contributed by atoms with E-state index < -0.39 is 5.82 Å². The molecule has 2 aromatic heterocycles. The van der Waals surface area contributed by atoms with Crippen LogP contribution in [0.4, 0.5) is 4.39 Å². The second-order valence-electron chi connectivity index (χ2n) is 5.14. The zero-order valence-electron chi connectivity index (χ0n) is 13.1. The number of rotatable bonds is 5. The van der Waals surface area contributed by atoms with Crippen LogP contribution in [-0.2, 0) is 16.1 Å². The number of carbonyl (C=O) groups is 1. The molecule has 24 heavy (non-hydrogen) atoms. The van der Waals surface area contributed by atoms with Crippen LogP contribution in [0.2, 0.25) is 5.02 Å². The summed E-state index contributed by atoms with van der Waals surface area (Å²) in [6, 6.07) is 3.33. The van der Waals surface area contributed by atoms with Crippen LogP contribution >= 0.6 is 23.4 Å². The van der Waals surface area contributed by atoms with E-state index in [0.29, 0.717) is 12.1 Å². The van der Waals surface area contributed by atoms with Crippen molar-refractivity contribution in [1.82, 2.24) is 14.8 Å². The van der Waals surface area contributed by atoms with E-state index >= 15 is 0 Å². The molecule has 0 bridgehead atoms. The van der Waals surface area contributed by atoms with Crippen LogP contribution in [0, 0.1) is 12.7 Å². The fourth-order valence-corrected chi connectivity index (χ4v) is 3.53. The zero-order valence-corrected chi connectivity index (χ0v) is 14.7. The zero-order chi connectivity index (χ0) is 17.3. The molecule has 0 aliphatic heterocycles. The number of esters is 1. The fraction of sp³-hybridized carbons (Fsp3) is 0.250. The molecule has 0 aliphatic carbocycles. The molecule has 126 valence electrons. The van der Waals surface area contributed by atoms with Crippen molar-refractivity contribution in [3.8, 4) is 0 Å². The van der Waals surface area contributed by atoms with Gasteiger partial charge < -0.3 is 9.72 Å². The maximum Gasteiger partial charge on any atom is 0.327 e. The summed E-state index contributed by atoms with van der Waals surface area (Å²) in [6.07, 6.45) is 3.42. The topological polar surface area (TPSA) is 59.9 Å². The van der Waals surface area contributed by atoms with Crippen molar-refractivity contribution in [1.29, 1.82) is 0 Å². The highest BCUT2D eigenvalue weighted by atomic mass is 35.5. The maximum absolute atomic E-state index is 14.1. The van der Waals surface area contributed by atoms with E-state index in [-0.39, 0.29) is 17.5 Å². The van der Waals surface area contributed by atoms with Gasteiger partial charge in [-0.05, 0) is 26.0 Å². The number of benzene rings is 1. The Labute approximate surface area is 147 Å². The third kappa shape index (κ3) is 3.27. The Hall–Kier alpha value is -1.99. The predicted molar refractivity (Wildman–Crippen MR) is 91.0 cm³/mol. The maximum atomic E-state index is 14.1. The molecular formula is C16H15ClFN3O2S. The molecule has 0 fully saturated rings.